The van der Waals surface area contributed by atoms with Crippen molar-refractivity contribution in [1.82, 2.24) is 9.97 Å². The van der Waals surface area contributed by atoms with Gasteiger partial charge in [0.1, 0.15) is 0 Å². The number of fused-ring (bicyclic) bond motifs is 7. The zero-order valence-electron chi connectivity index (χ0n) is 18.2. The van der Waals surface area contributed by atoms with E-state index in [2.05, 4.69) is 74.4 Å². The van der Waals surface area contributed by atoms with Crippen LogP contribution in [0.25, 0.3) is 48.3 Å². The Kier molecular flexibility index (Phi) is 4.53. The number of rotatable bonds is 3. The second-order valence-electron chi connectivity index (χ2n) is 9.16. The van der Waals surface area contributed by atoms with Gasteiger partial charge in [-0.15, -0.1) is 22.7 Å². The van der Waals surface area contributed by atoms with Gasteiger partial charge in [-0.25, -0.2) is 30.0 Å². The fraction of sp³-hybridized carbons (Fsp3) is 0.250. The summed E-state index contributed by atoms with van der Waals surface area (Å²) in [6.07, 6.45) is 16.1. The molecule has 0 saturated carbocycles. The monoisotopic (exact) mass is 470 g/mol. The summed E-state index contributed by atoms with van der Waals surface area (Å²) in [5.41, 5.74) is 5.03. The van der Waals surface area contributed by atoms with E-state index in [9.17, 15) is 0 Å². The van der Waals surface area contributed by atoms with Gasteiger partial charge in [-0.1, -0.05) is 18.7 Å². The first-order chi connectivity index (χ1) is 14.1. The smallest absolute Gasteiger partial charge is 0.0989 e. The van der Waals surface area contributed by atoms with Crippen molar-refractivity contribution in [3.8, 4) is 0 Å². The molecular weight excluding hydrogens is 445 g/mol. The standard InChI is InChI=1S/C24H26N2S4/c1-8-14-9-10-17-18(11-14)26-22-16-13-20(30(5,6)7)28-24(16)23-15(21(22)25-17)12-19(27-23)29(2,3)4/h8-13H,1H2,2-7H3. The predicted octanol–water partition coefficient (Wildman–Crippen LogP) is 7.96. The van der Waals surface area contributed by atoms with Crippen LogP contribution in [-0.2, 0) is 0 Å². The summed E-state index contributed by atoms with van der Waals surface area (Å²) in [5.74, 6) is 0. The first-order valence-electron chi connectivity index (χ1n) is 9.66. The highest BCUT2D eigenvalue weighted by Gasteiger charge is 2.22. The maximum Gasteiger partial charge on any atom is 0.0989 e. The number of nitrogens with zero attached hydrogens (tertiary/aromatic N) is 2. The Balaban J connectivity index is 2.00. The molecule has 3 heterocycles. The van der Waals surface area contributed by atoms with Crippen molar-refractivity contribution < 1.29 is 0 Å². The number of hydrogen-bond acceptors (Lipinski definition) is 4. The van der Waals surface area contributed by atoms with Crippen molar-refractivity contribution in [1.29, 1.82) is 0 Å². The van der Waals surface area contributed by atoms with Crippen LogP contribution in [0.15, 0.2) is 45.3 Å². The summed E-state index contributed by atoms with van der Waals surface area (Å²) in [5, 5.41) is 2.52. The summed E-state index contributed by atoms with van der Waals surface area (Å²) in [4.78, 5) is 10.3. The third-order valence-corrected chi connectivity index (χ3v) is 13.4. The Morgan fingerprint density at radius 1 is 0.733 bits per heavy atom. The molecule has 0 bridgehead atoms. The molecule has 0 atom stereocenters. The molecule has 2 aromatic carbocycles. The van der Waals surface area contributed by atoms with Crippen LogP contribution >= 0.6 is 42.7 Å². The molecule has 0 N–H and O–H groups in total. The zero-order chi connectivity index (χ0) is 21.4. The van der Waals surface area contributed by atoms with Gasteiger partial charge in [0.05, 0.1) is 31.5 Å². The van der Waals surface area contributed by atoms with Gasteiger partial charge in [-0.05, 0) is 67.4 Å². The van der Waals surface area contributed by atoms with E-state index in [1.54, 1.807) is 0 Å². The van der Waals surface area contributed by atoms with E-state index in [1.165, 1.54) is 28.6 Å². The van der Waals surface area contributed by atoms with Gasteiger partial charge in [0.25, 0.3) is 0 Å². The maximum atomic E-state index is 5.15. The summed E-state index contributed by atoms with van der Waals surface area (Å²) < 4.78 is 5.72. The molecule has 0 saturated heterocycles. The molecule has 5 rings (SSSR count). The van der Waals surface area contributed by atoms with Crippen molar-refractivity contribution in [2.45, 2.75) is 8.42 Å². The lowest BCUT2D eigenvalue weighted by atomic mass is 10.1. The summed E-state index contributed by atoms with van der Waals surface area (Å²) in [6.45, 7) is 3.91. The van der Waals surface area contributed by atoms with Gasteiger partial charge < -0.3 is 0 Å². The van der Waals surface area contributed by atoms with Crippen LogP contribution in [0.3, 0.4) is 0 Å². The molecule has 0 aliphatic heterocycles. The molecule has 5 aromatic rings. The minimum Gasteiger partial charge on any atom is -0.244 e. The SMILES string of the molecule is C=Cc1ccc2nc3c4cc(S(C)(C)C)sc4c4sc(S(C)(C)C)cc4c3nc2c1. The lowest BCUT2D eigenvalue weighted by Crippen LogP contribution is -1.90. The molecule has 0 aliphatic rings. The molecule has 3 aromatic heterocycles. The molecular formula is C24H26N2S4. The minimum absolute atomic E-state index is 0.806. The molecule has 0 aliphatic carbocycles. The topological polar surface area (TPSA) is 25.8 Å². The van der Waals surface area contributed by atoms with Crippen LogP contribution in [0, 0.1) is 0 Å². The third kappa shape index (κ3) is 3.16. The Morgan fingerprint density at radius 2 is 1.23 bits per heavy atom. The fourth-order valence-electron chi connectivity index (χ4n) is 3.60. The first-order valence-corrected chi connectivity index (χ1v) is 17.0. The average molecular weight is 471 g/mol. The van der Waals surface area contributed by atoms with E-state index in [0.717, 1.165) is 27.6 Å². The van der Waals surface area contributed by atoms with Crippen molar-refractivity contribution in [2.24, 2.45) is 0 Å². The van der Waals surface area contributed by atoms with Gasteiger partial charge in [-0.2, -0.15) is 0 Å². The van der Waals surface area contributed by atoms with E-state index in [0.29, 0.717) is 0 Å². The maximum absolute atomic E-state index is 5.15. The van der Waals surface area contributed by atoms with Crippen LogP contribution in [0.1, 0.15) is 5.56 Å². The first kappa shape index (κ1) is 20.3. The average Bonchev–Trinajstić information content (AvgIpc) is 3.30. The number of aromatic nitrogens is 2. The van der Waals surface area contributed by atoms with Crippen LogP contribution in [-0.4, -0.2) is 47.5 Å². The van der Waals surface area contributed by atoms with E-state index < -0.39 is 20.1 Å². The number of thiophene rings is 2. The highest BCUT2D eigenvalue weighted by Crippen LogP contribution is 2.56. The van der Waals surface area contributed by atoms with Gasteiger partial charge >= 0.3 is 0 Å². The van der Waals surface area contributed by atoms with Crippen molar-refractivity contribution in [3.63, 3.8) is 0 Å². The Bertz CT molecular complexity index is 1480. The van der Waals surface area contributed by atoms with Gasteiger partial charge in [0.2, 0.25) is 0 Å². The molecule has 30 heavy (non-hydrogen) atoms. The van der Waals surface area contributed by atoms with Crippen molar-refractivity contribution in [3.05, 3.63) is 42.5 Å². The van der Waals surface area contributed by atoms with E-state index in [-0.39, 0.29) is 0 Å². The summed E-state index contributed by atoms with van der Waals surface area (Å²) in [6, 6.07) is 11.0. The summed E-state index contributed by atoms with van der Waals surface area (Å²) >= 11 is 3.92. The van der Waals surface area contributed by atoms with Gasteiger partial charge in [0.15, 0.2) is 0 Å². The Morgan fingerprint density at radius 3 is 1.70 bits per heavy atom. The fourth-order valence-corrected chi connectivity index (χ4v) is 8.99. The largest absolute Gasteiger partial charge is 0.244 e. The molecule has 156 valence electrons. The lowest BCUT2D eigenvalue weighted by Gasteiger charge is -2.22. The van der Waals surface area contributed by atoms with Crippen LogP contribution < -0.4 is 0 Å². The lowest BCUT2D eigenvalue weighted by molar-refractivity contribution is 1.41. The number of hydrogen-bond donors (Lipinski definition) is 0. The van der Waals surface area contributed by atoms with E-state index in [4.69, 9.17) is 9.97 Å². The molecule has 0 amide bonds. The minimum atomic E-state index is -0.810. The van der Waals surface area contributed by atoms with Gasteiger partial charge in [-0.3, -0.25) is 0 Å². The quantitative estimate of drug-likeness (QED) is 0.250. The second kappa shape index (κ2) is 6.70. The Hall–Kier alpha value is -1.60. The second-order valence-corrected chi connectivity index (χ2v) is 20.0. The zero-order valence-corrected chi connectivity index (χ0v) is 21.5. The highest BCUT2D eigenvalue weighted by molar-refractivity contribution is 8.33. The van der Waals surface area contributed by atoms with Crippen LogP contribution in [0.5, 0.6) is 0 Å². The van der Waals surface area contributed by atoms with Crippen molar-refractivity contribution >= 4 is 91.0 Å². The van der Waals surface area contributed by atoms with Crippen molar-refractivity contribution in [2.75, 3.05) is 37.5 Å². The molecule has 0 fully saturated rings. The van der Waals surface area contributed by atoms with Crippen LogP contribution in [0.2, 0.25) is 0 Å². The summed E-state index contributed by atoms with van der Waals surface area (Å²) in [7, 11) is -1.62. The van der Waals surface area contributed by atoms with Crippen LogP contribution in [0.4, 0.5) is 0 Å². The molecule has 0 radical (unpaired) electrons. The predicted molar refractivity (Wildman–Crippen MR) is 145 cm³/mol. The Labute approximate surface area is 188 Å². The number of benzene rings is 2. The molecule has 2 nitrogen and oxygen atoms in total. The molecule has 6 heteroatoms. The highest BCUT2D eigenvalue weighted by atomic mass is 32.3. The third-order valence-electron chi connectivity index (χ3n) is 5.27. The van der Waals surface area contributed by atoms with Gasteiger partial charge in [0, 0.05) is 19.2 Å². The normalized spacial score (nSPS) is 14.2. The molecule has 0 unspecified atom stereocenters. The van der Waals surface area contributed by atoms with E-state index >= 15 is 0 Å². The molecule has 0 spiro atoms. The van der Waals surface area contributed by atoms with E-state index in [1.807, 2.05) is 28.7 Å².